The normalized spacial score (nSPS) is 13.6. The molecule has 1 aliphatic rings. The summed E-state index contributed by atoms with van der Waals surface area (Å²) in [6, 6.07) is 58.8. The average molecular weight is 519 g/mol. The Hall–Kier alpha value is -5.20. The second-order valence-corrected chi connectivity index (χ2v) is 11.4. The van der Waals surface area contributed by atoms with Crippen LogP contribution < -0.4 is 0 Å². The van der Waals surface area contributed by atoms with E-state index in [1.54, 1.807) is 0 Å². The van der Waals surface area contributed by atoms with Gasteiger partial charge in [-0.25, -0.2) is 0 Å². The Morgan fingerprint density at radius 2 is 0.585 bits per heavy atom. The molecule has 0 aliphatic heterocycles. The highest BCUT2D eigenvalue weighted by atomic mass is 14.5. The number of hydrogen-bond donors (Lipinski definition) is 0. The summed E-state index contributed by atoms with van der Waals surface area (Å²) < 4.78 is 0. The highest BCUT2D eigenvalue weighted by Crippen LogP contribution is 2.57. The third-order valence-electron chi connectivity index (χ3n) is 9.19. The van der Waals surface area contributed by atoms with Crippen LogP contribution in [0.2, 0.25) is 0 Å². The topological polar surface area (TPSA) is 0 Å². The molecular formula is C41H26. The third-order valence-corrected chi connectivity index (χ3v) is 9.19. The molecule has 0 amide bonds. The van der Waals surface area contributed by atoms with Crippen molar-refractivity contribution in [1.82, 2.24) is 0 Å². The van der Waals surface area contributed by atoms with Crippen molar-refractivity contribution in [3.05, 3.63) is 180 Å². The van der Waals surface area contributed by atoms with Crippen LogP contribution in [0.4, 0.5) is 0 Å². The molecule has 0 aromatic heterocycles. The quantitative estimate of drug-likeness (QED) is 0.200. The lowest BCUT2D eigenvalue weighted by Crippen LogP contribution is -2.28. The first-order valence-corrected chi connectivity index (χ1v) is 14.3. The molecule has 0 unspecified atom stereocenters. The zero-order valence-corrected chi connectivity index (χ0v) is 22.5. The molecule has 1 aliphatic carbocycles. The molecule has 0 bridgehead atoms. The third kappa shape index (κ3) is 3.16. The fourth-order valence-electron chi connectivity index (χ4n) is 7.36. The van der Waals surface area contributed by atoms with Gasteiger partial charge >= 0.3 is 0 Å². The monoisotopic (exact) mass is 518 g/mol. The van der Waals surface area contributed by atoms with Gasteiger partial charge in [-0.2, -0.15) is 0 Å². The molecule has 8 aromatic carbocycles. The number of benzene rings is 8. The van der Waals surface area contributed by atoms with Gasteiger partial charge in [0.1, 0.15) is 0 Å². The number of rotatable bonds is 2. The Morgan fingerprint density at radius 3 is 0.951 bits per heavy atom. The van der Waals surface area contributed by atoms with Crippen molar-refractivity contribution < 1.29 is 0 Å². The van der Waals surface area contributed by atoms with Crippen molar-refractivity contribution >= 4 is 43.1 Å². The van der Waals surface area contributed by atoms with Crippen LogP contribution in [-0.4, -0.2) is 0 Å². The van der Waals surface area contributed by atoms with Gasteiger partial charge < -0.3 is 0 Å². The first kappa shape index (κ1) is 22.6. The van der Waals surface area contributed by atoms with Crippen molar-refractivity contribution in [3.63, 3.8) is 0 Å². The molecule has 0 nitrogen and oxygen atoms in total. The van der Waals surface area contributed by atoms with Crippen molar-refractivity contribution in [2.45, 2.75) is 5.41 Å². The van der Waals surface area contributed by atoms with E-state index in [2.05, 4.69) is 158 Å². The van der Waals surface area contributed by atoms with Crippen LogP contribution in [0.5, 0.6) is 0 Å². The van der Waals surface area contributed by atoms with Crippen LogP contribution in [0, 0.1) is 0 Å². The van der Waals surface area contributed by atoms with E-state index in [4.69, 9.17) is 0 Å². The van der Waals surface area contributed by atoms with E-state index in [-0.39, 0.29) is 0 Å². The van der Waals surface area contributed by atoms with Gasteiger partial charge in [0.2, 0.25) is 0 Å². The number of fused-ring (bicyclic) bond motifs is 7. The van der Waals surface area contributed by atoms with E-state index in [9.17, 15) is 0 Å². The maximum atomic E-state index is 2.47. The van der Waals surface area contributed by atoms with E-state index < -0.39 is 5.41 Å². The summed E-state index contributed by atoms with van der Waals surface area (Å²) >= 11 is 0. The Balaban J connectivity index is 1.47. The lowest BCUT2D eigenvalue weighted by atomic mass is 9.67. The van der Waals surface area contributed by atoms with Gasteiger partial charge in [0.15, 0.2) is 0 Å². The molecule has 0 saturated heterocycles. The predicted molar refractivity (Wildman–Crippen MR) is 174 cm³/mol. The first-order chi connectivity index (χ1) is 20.3. The zero-order valence-electron chi connectivity index (χ0n) is 22.5. The molecule has 9 rings (SSSR count). The van der Waals surface area contributed by atoms with Crippen LogP contribution in [0.15, 0.2) is 158 Å². The molecule has 0 heteroatoms. The van der Waals surface area contributed by atoms with E-state index in [0.29, 0.717) is 0 Å². The Bertz CT molecular complexity index is 2130. The predicted octanol–water partition coefficient (Wildman–Crippen LogP) is 10.7. The highest BCUT2D eigenvalue weighted by molar-refractivity contribution is 6.06. The molecule has 0 spiro atoms. The summed E-state index contributed by atoms with van der Waals surface area (Å²) in [6.45, 7) is 0. The van der Waals surface area contributed by atoms with Crippen LogP contribution in [0.3, 0.4) is 0 Å². The standard InChI is InChI=1S/C41H26/c1-3-15-35(16-4-1)41(36-17-5-2-6-18-36)39-25-33-21-29-13-9-7-11-27(29)19-31(33)23-37(39)38-24-32-20-28-12-8-10-14-30(28)22-34(32)26-40(38)41/h1-26H. The molecule has 0 fully saturated rings. The summed E-state index contributed by atoms with van der Waals surface area (Å²) in [5, 5.41) is 10.2. The maximum absolute atomic E-state index is 2.47. The van der Waals surface area contributed by atoms with Crippen LogP contribution in [-0.2, 0) is 5.41 Å². The van der Waals surface area contributed by atoms with Crippen LogP contribution in [0.25, 0.3) is 54.2 Å². The van der Waals surface area contributed by atoms with E-state index in [0.717, 1.165) is 0 Å². The molecular weight excluding hydrogens is 492 g/mol. The smallest absolute Gasteiger partial charge is 0.0622 e. The van der Waals surface area contributed by atoms with Crippen LogP contribution >= 0.6 is 0 Å². The van der Waals surface area contributed by atoms with Crippen molar-refractivity contribution in [2.75, 3.05) is 0 Å². The van der Waals surface area contributed by atoms with E-state index >= 15 is 0 Å². The van der Waals surface area contributed by atoms with Gasteiger partial charge in [0.05, 0.1) is 5.41 Å². The van der Waals surface area contributed by atoms with Gasteiger partial charge in [-0.1, -0.05) is 109 Å². The fourth-order valence-corrected chi connectivity index (χ4v) is 7.36. The Labute approximate surface area is 239 Å². The van der Waals surface area contributed by atoms with Crippen molar-refractivity contribution in [1.29, 1.82) is 0 Å². The second kappa shape index (κ2) is 8.40. The molecule has 8 aromatic rings. The molecule has 0 radical (unpaired) electrons. The van der Waals surface area contributed by atoms with Gasteiger partial charge in [-0.15, -0.1) is 0 Å². The molecule has 0 saturated carbocycles. The fraction of sp³-hybridized carbons (Fsp3) is 0.0244. The van der Waals surface area contributed by atoms with E-state index in [1.807, 2.05) is 0 Å². The Kier molecular flexibility index (Phi) is 4.63. The summed E-state index contributed by atoms with van der Waals surface area (Å²) in [4.78, 5) is 0. The minimum Gasteiger partial charge on any atom is -0.0622 e. The molecule has 0 heterocycles. The largest absolute Gasteiger partial charge is 0.0714 e. The zero-order chi connectivity index (χ0) is 27.0. The number of hydrogen-bond acceptors (Lipinski definition) is 0. The average Bonchev–Trinajstić information content (AvgIpc) is 3.30. The maximum Gasteiger partial charge on any atom is 0.0714 e. The lowest BCUT2D eigenvalue weighted by molar-refractivity contribution is 0.770. The van der Waals surface area contributed by atoms with Crippen molar-refractivity contribution in [3.8, 4) is 11.1 Å². The summed E-state index contributed by atoms with van der Waals surface area (Å²) in [7, 11) is 0. The van der Waals surface area contributed by atoms with Crippen molar-refractivity contribution in [2.24, 2.45) is 0 Å². The molecule has 0 atom stereocenters. The van der Waals surface area contributed by atoms with Gasteiger partial charge in [-0.3, -0.25) is 0 Å². The van der Waals surface area contributed by atoms with Gasteiger partial charge in [-0.05, 0) is 125 Å². The Morgan fingerprint density at radius 1 is 0.268 bits per heavy atom. The minimum absolute atomic E-state index is 0.424. The second-order valence-electron chi connectivity index (χ2n) is 11.4. The molecule has 0 N–H and O–H groups in total. The van der Waals surface area contributed by atoms with Gasteiger partial charge in [0, 0.05) is 0 Å². The first-order valence-electron chi connectivity index (χ1n) is 14.3. The summed E-state index contributed by atoms with van der Waals surface area (Å²) in [6.07, 6.45) is 0. The highest BCUT2D eigenvalue weighted by Gasteiger charge is 2.46. The summed E-state index contributed by atoms with van der Waals surface area (Å²) in [5.74, 6) is 0. The minimum atomic E-state index is -0.424. The van der Waals surface area contributed by atoms with E-state index in [1.165, 1.54) is 76.5 Å². The molecule has 190 valence electrons. The van der Waals surface area contributed by atoms with Gasteiger partial charge in [0.25, 0.3) is 0 Å². The molecule has 41 heavy (non-hydrogen) atoms. The van der Waals surface area contributed by atoms with Crippen LogP contribution in [0.1, 0.15) is 22.3 Å². The summed E-state index contributed by atoms with van der Waals surface area (Å²) in [5.41, 5.74) is 7.53. The lowest BCUT2D eigenvalue weighted by Gasteiger charge is -2.34. The SMILES string of the molecule is c1ccc(C2(c3ccccc3)c3cc4cc5ccccc5cc4cc3-c3cc4cc5ccccc5cc4cc32)cc1.